The molecule has 0 spiro atoms. The summed E-state index contributed by atoms with van der Waals surface area (Å²) in [5.74, 6) is 0. The Hall–Kier alpha value is -0.210. The summed E-state index contributed by atoms with van der Waals surface area (Å²) in [4.78, 5) is 4.17. The van der Waals surface area contributed by atoms with Gasteiger partial charge in [0, 0.05) is 5.39 Å². The fourth-order valence-corrected chi connectivity index (χ4v) is 2.17. The van der Waals surface area contributed by atoms with Gasteiger partial charge in [-0.05, 0) is 24.6 Å². The highest BCUT2D eigenvalue weighted by molar-refractivity contribution is 6.47. The number of hydrogen-bond donors (Lipinski definition) is 0. The van der Waals surface area contributed by atoms with Gasteiger partial charge in [-0.1, -0.05) is 46.4 Å². The van der Waals surface area contributed by atoms with Crippen LogP contribution in [0.1, 0.15) is 5.56 Å². The van der Waals surface area contributed by atoms with E-state index in [-0.39, 0.29) is 0 Å². The number of nitrogens with zero attached hydrogens (tertiary/aromatic N) is 1. The number of aromatic nitrogens is 1. The van der Waals surface area contributed by atoms with E-state index < -0.39 is 0 Å². The van der Waals surface area contributed by atoms with Crippen molar-refractivity contribution < 1.29 is 0 Å². The lowest BCUT2D eigenvalue weighted by Crippen LogP contribution is -1.87. The molecule has 0 aliphatic rings. The van der Waals surface area contributed by atoms with Gasteiger partial charge in [-0.15, -0.1) is 0 Å². The standard InChI is InChI=1S/C10H5Cl4N/c1-4-2-5-8(13)6(11)3-7(12)9(5)15-10(4)14/h2-3H,1H3. The minimum Gasteiger partial charge on any atom is -0.234 e. The highest BCUT2D eigenvalue weighted by Gasteiger charge is 2.11. The van der Waals surface area contributed by atoms with Crippen LogP contribution in [0.15, 0.2) is 12.1 Å². The highest BCUT2D eigenvalue weighted by atomic mass is 35.5. The molecule has 0 aliphatic heterocycles. The van der Waals surface area contributed by atoms with Gasteiger partial charge in [0.25, 0.3) is 0 Å². The second-order valence-corrected chi connectivity index (χ2v) is 4.70. The number of halogens is 4. The highest BCUT2D eigenvalue weighted by Crippen LogP contribution is 2.36. The Kier molecular flexibility index (Phi) is 3.00. The van der Waals surface area contributed by atoms with Gasteiger partial charge in [-0.2, -0.15) is 0 Å². The van der Waals surface area contributed by atoms with Gasteiger partial charge in [-0.25, -0.2) is 4.98 Å². The molecule has 0 saturated carbocycles. The predicted molar refractivity (Wildman–Crippen MR) is 66.5 cm³/mol. The Bertz CT molecular complexity index is 551. The molecule has 0 saturated heterocycles. The molecule has 78 valence electrons. The maximum atomic E-state index is 6.05. The summed E-state index contributed by atoms with van der Waals surface area (Å²) < 4.78 is 0. The van der Waals surface area contributed by atoms with Crippen molar-refractivity contribution in [1.29, 1.82) is 0 Å². The normalized spacial score (nSPS) is 11.0. The van der Waals surface area contributed by atoms with Gasteiger partial charge in [-0.3, -0.25) is 0 Å². The topological polar surface area (TPSA) is 12.9 Å². The lowest BCUT2D eigenvalue weighted by molar-refractivity contribution is 1.33. The van der Waals surface area contributed by atoms with Crippen molar-refractivity contribution in [3.8, 4) is 0 Å². The molecule has 1 aromatic heterocycles. The minimum atomic E-state index is 0.415. The molecule has 15 heavy (non-hydrogen) atoms. The van der Waals surface area contributed by atoms with Crippen molar-refractivity contribution >= 4 is 57.3 Å². The van der Waals surface area contributed by atoms with Gasteiger partial charge in [0.15, 0.2) is 0 Å². The van der Waals surface area contributed by atoms with Crippen LogP contribution < -0.4 is 0 Å². The first-order valence-corrected chi connectivity index (χ1v) is 5.62. The Morgan fingerprint density at radius 2 is 1.67 bits per heavy atom. The fraction of sp³-hybridized carbons (Fsp3) is 0.100. The zero-order valence-corrected chi connectivity index (χ0v) is 10.6. The third-order valence-electron chi connectivity index (χ3n) is 2.08. The van der Waals surface area contributed by atoms with Crippen molar-refractivity contribution in [1.82, 2.24) is 4.98 Å². The van der Waals surface area contributed by atoms with Gasteiger partial charge in [0.05, 0.1) is 20.6 Å². The Morgan fingerprint density at radius 1 is 1.00 bits per heavy atom. The number of benzene rings is 1. The van der Waals surface area contributed by atoms with E-state index in [2.05, 4.69) is 4.98 Å². The molecular formula is C10H5Cl4N. The van der Waals surface area contributed by atoms with Crippen molar-refractivity contribution in [2.45, 2.75) is 6.92 Å². The van der Waals surface area contributed by atoms with E-state index >= 15 is 0 Å². The summed E-state index contributed by atoms with van der Waals surface area (Å²) in [6, 6.07) is 3.39. The number of rotatable bonds is 0. The Balaban J connectivity index is 2.97. The van der Waals surface area contributed by atoms with E-state index in [1.165, 1.54) is 0 Å². The van der Waals surface area contributed by atoms with Crippen molar-refractivity contribution in [3.05, 3.63) is 37.9 Å². The maximum Gasteiger partial charge on any atom is 0.132 e. The Labute approximate surface area is 107 Å². The van der Waals surface area contributed by atoms with E-state index in [0.29, 0.717) is 25.7 Å². The number of hydrogen-bond acceptors (Lipinski definition) is 1. The molecular weight excluding hydrogens is 276 g/mol. The minimum absolute atomic E-state index is 0.415. The van der Waals surface area contributed by atoms with Crippen LogP contribution in [-0.2, 0) is 0 Å². The summed E-state index contributed by atoms with van der Waals surface area (Å²) in [6.45, 7) is 1.85. The molecule has 0 aliphatic carbocycles. The molecule has 1 heterocycles. The quantitative estimate of drug-likeness (QED) is 0.480. The molecule has 0 amide bonds. The van der Waals surface area contributed by atoms with Crippen LogP contribution in [0.5, 0.6) is 0 Å². The maximum absolute atomic E-state index is 6.05. The third kappa shape index (κ3) is 1.90. The fourth-order valence-electron chi connectivity index (χ4n) is 1.31. The van der Waals surface area contributed by atoms with Crippen LogP contribution in [0.25, 0.3) is 10.9 Å². The zero-order valence-electron chi connectivity index (χ0n) is 7.61. The zero-order chi connectivity index (χ0) is 11.2. The van der Waals surface area contributed by atoms with Crippen molar-refractivity contribution in [3.63, 3.8) is 0 Å². The first-order chi connectivity index (χ1) is 7.00. The molecule has 0 radical (unpaired) electrons. The van der Waals surface area contributed by atoms with Crippen LogP contribution in [-0.4, -0.2) is 4.98 Å². The van der Waals surface area contributed by atoms with E-state index in [4.69, 9.17) is 46.4 Å². The molecule has 0 N–H and O–H groups in total. The van der Waals surface area contributed by atoms with Gasteiger partial charge < -0.3 is 0 Å². The molecule has 2 aromatic rings. The summed E-state index contributed by atoms with van der Waals surface area (Å²) in [5, 5.41) is 2.45. The van der Waals surface area contributed by atoms with Gasteiger partial charge >= 0.3 is 0 Å². The molecule has 0 fully saturated rings. The molecule has 2 rings (SSSR count). The van der Waals surface area contributed by atoms with Crippen LogP contribution in [0.4, 0.5) is 0 Å². The average Bonchev–Trinajstić information content (AvgIpc) is 2.18. The Morgan fingerprint density at radius 3 is 2.33 bits per heavy atom. The van der Waals surface area contributed by atoms with Crippen LogP contribution in [0, 0.1) is 6.92 Å². The van der Waals surface area contributed by atoms with Crippen LogP contribution >= 0.6 is 46.4 Å². The molecule has 5 heteroatoms. The SMILES string of the molecule is Cc1cc2c(Cl)c(Cl)cc(Cl)c2nc1Cl. The van der Waals surface area contributed by atoms with E-state index in [1.54, 1.807) is 6.07 Å². The first-order valence-electron chi connectivity index (χ1n) is 4.11. The monoisotopic (exact) mass is 279 g/mol. The van der Waals surface area contributed by atoms with E-state index in [0.717, 1.165) is 10.9 Å². The number of fused-ring (bicyclic) bond motifs is 1. The number of pyridine rings is 1. The summed E-state index contributed by atoms with van der Waals surface area (Å²) in [6.07, 6.45) is 0. The summed E-state index contributed by atoms with van der Waals surface area (Å²) >= 11 is 23.9. The lowest BCUT2D eigenvalue weighted by atomic mass is 10.2. The summed E-state index contributed by atoms with van der Waals surface area (Å²) in [7, 11) is 0. The molecule has 0 unspecified atom stereocenters. The van der Waals surface area contributed by atoms with Crippen LogP contribution in [0.2, 0.25) is 20.2 Å². The molecule has 1 nitrogen and oxygen atoms in total. The molecule has 1 aromatic carbocycles. The lowest BCUT2D eigenvalue weighted by Gasteiger charge is -2.06. The predicted octanol–water partition coefficient (Wildman–Crippen LogP) is 5.16. The second kappa shape index (κ2) is 3.99. The third-order valence-corrected chi connectivity index (χ3v) is 3.55. The van der Waals surface area contributed by atoms with E-state index in [1.807, 2.05) is 13.0 Å². The first kappa shape index (κ1) is 11.3. The molecule has 0 atom stereocenters. The largest absolute Gasteiger partial charge is 0.234 e. The smallest absolute Gasteiger partial charge is 0.132 e. The summed E-state index contributed by atoms with van der Waals surface area (Å²) in [5.41, 5.74) is 1.41. The van der Waals surface area contributed by atoms with E-state index in [9.17, 15) is 0 Å². The van der Waals surface area contributed by atoms with Crippen LogP contribution in [0.3, 0.4) is 0 Å². The average molecular weight is 281 g/mol. The van der Waals surface area contributed by atoms with Gasteiger partial charge in [0.2, 0.25) is 0 Å². The van der Waals surface area contributed by atoms with Crippen molar-refractivity contribution in [2.24, 2.45) is 0 Å². The van der Waals surface area contributed by atoms with Crippen molar-refractivity contribution in [2.75, 3.05) is 0 Å². The van der Waals surface area contributed by atoms with Gasteiger partial charge in [0.1, 0.15) is 5.15 Å². The number of aryl methyl sites for hydroxylation is 1. The molecule has 0 bridgehead atoms. The second-order valence-electron chi connectivity index (χ2n) is 3.15.